The van der Waals surface area contributed by atoms with Crippen LogP contribution in [0.2, 0.25) is 0 Å². The third kappa shape index (κ3) is 3.83. The number of carbonyl (C=O) groups is 1. The summed E-state index contributed by atoms with van der Waals surface area (Å²) < 4.78 is 5.36. The van der Waals surface area contributed by atoms with Crippen molar-refractivity contribution in [2.45, 2.75) is 25.4 Å². The average Bonchev–Trinajstić information content (AvgIpc) is 3.20. The molecule has 1 N–H and O–H groups in total. The maximum Gasteiger partial charge on any atom is 0.328 e. The second-order valence-corrected chi connectivity index (χ2v) is 4.89. The highest BCUT2D eigenvalue weighted by atomic mass is 16.5. The lowest BCUT2D eigenvalue weighted by atomic mass is 10.1. The van der Waals surface area contributed by atoms with E-state index in [9.17, 15) is 4.79 Å². The van der Waals surface area contributed by atoms with Crippen LogP contribution in [0.25, 0.3) is 6.08 Å². The van der Waals surface area contributed by atoms with Crippen LogP contribution in [0, 0.1) is 0 Å². The molecule has 0 aromatic heterocycles. The molecule has 1 aliphatic carbocycles. The van der Waals surface area contributed by atoms with Gasteiger partial charge < -0.3 is 9.84 Å². The summed E-state index contributed by atoms with van der Waals surface area (Å²) in [5.41, 5.74) is 1.96. The van der Waals surface area contributed by atoms with E-state index in [1.165, 1.54) is 12.8 Å². The van der Waals surface area contributed by atoms with E-state index in [1.807, 2.05) is 18.2 Å². The van der Waals surface area contributed by atoms with E-state index in [0.29, 0.717) is 6.04 Å². The van der Waals surface area contributed by atoms with Crippen molar-refractivity contribution in [2.24, 2.45) is 0 Å². The molecule has 19 heavy (non-hydrogen) atoms. The number of rotatable bonds is 6. The second-order valence-electron chi connectivity index (χ2n) is 4.89. The molecule has 4 nitrogen and oxygen atoms in total. The Hall–Kier alpha value is -1.81. The highest BCUT2D eigenvalue weighted by Gasteiger charge is 2.26. The summed E-state index contributed by atoms with van der Waals surface area (Å²) in [6, 6.07) is 6.41. The monoisotopic (exact) mass is 261 g/mol. The Morgan fingerprint density at radius 1 is 1.53 bits per heavy atom. The molecule has 1 aromatic carbocycles. The summed E-state index contributed by atoms with van der Waals surface area (Å²) in [6.45, 7) is 0.822. The third-order valence-electron chi connectivity index (χ3n) is 3.31. The maximum absolute atomic E-state index is 10.5. The predicted molar refractivity (Wildman–Crippen MR) is 74.2 cm³/mol. The van der Waals surface area contributed by atoms with Gasteiger partial charge in [0.1, 0.15) is 5.75 Å². The van der Waals surface area contributed by atoms with Crippen molar-refractivity contribution in [3.05, 3.63) is 35.4 Å². The lowest BCUT2D eigenvalue weighted by Gasteiger charge is -2.18. The largest absolute Gasteiger partial charge is 0.496 e. The topological polar surface area (TPSA) is 49.8 Å². The Kier molecular flexibility index (Phi) is 4.22. The molecule has 2 rings (SSSR count). The van der Waals surface area contributed by atoms with E-state index >= 15 is 0 Å². The maximum atomic E-state index is 10.5. The molecule has 1 aliphatic rings. The van der Waals surface area contributed by atoms with Gasteiger partial charge in [-0.1, -0.05) is 6.07 Å². The van der Waals surface area contributed by atoms with Gasteiger partial charge in [0.2, 0.25) is 0 Å². The van der Waals surface area contributed by atoms with Crippen molar-refractivity contribution in [1.29, 1.82) is 0 Å². The molecule has 102 valence electrons. The van der Waals surface area contributed by atoms with Crippen LogP contribution in [0.1, 0.15) is 24.0 Å². The lowest BCUT2D eigenvalue weighted by Crippen LogP contribution is -2.20. The van der Waals surface area contributed by atoms with Crippen molar-refractivity contribution in [3.63, 3.8) is 0 Å². The summed E-state index contributed by atoms with van der Waals surface area (Å²) in [6.07, 6.45) is 5.27. The van der Waals surface area contributed by atoms with Crippen molar-refractivity contribution in [2.75, 3.05) is 14.2 Å². The highest BCUT2D eigenvalue weighted by Crippen LogP contribution is 2.29. The van der Waals surface area contributed by atoms with Crippen LogP contribution in [0.15, 0.2) is 24.3 Å². The van der Waals surface area contributed by atoms with Crippen LogP contribution in [-0.4, -0.2) is 36.2 Å². The molecule has 1 fully saturated rings. The zero-order valence-electron chi connectivity index (χ0n) is 11.3. The minimum absolute atomic E-state index is 0.683. The van der Waals surface area contributed by atoms with Gasteiger partial charge in [-0.2, -0.15) is 0 Å². The SMILES string of the molecule is COc1ccc(C=CC(=O)O)cc1CN(C)C1CC1. The van der Waals surface area contributed by atoms with Gasteiger partial charge in [-0.3, -0.25) is 4.90 Å². The van der Waals surface area contributed by atoms with E-state index in [2.05, 4.69) is 11.9 Å². The molecule has 1 saturated carbocycles. The van der Waals surface area contributed by atoms with Crippen LogP contribution in [0.3, 0.4) is 0 Å². The van der Waals surface area contributed by atoms with E-state index < -0.39 is 5.97 Å². The molecule has 0 saturated heterocycles. The number of hydrogen-bond acceptors (Lipinski definition) is 3. The van der Waals surface area contributed by atoms with Gasteiger partial charge in [0, 0.05) is 24.2 Å². The van der Waals surface area contributed by atoms with Crippen molar-refractivity contribution in [1.82, 2.24) is 4.90 Å². The Bertz CT molecular complexity index is 492. The fraction of sp³-hybridized carbons (Fsp3) is 0.400. The number of hydrogen-bond donors (Lipinski definition) is 1. The Morgan fingerprint density at radius 3 is 2.84 bits per heavy atom. The zero-order chi connectivity index (χ0) is 13.8. The quantitative estimate of drug-likeness (QED) is 0.799. The molecule has 0 radical (unpaired) electrons. The fourth-order valence-electron chi connectivity index (χ4n) is 2.11. The first kappa shape index (κ1) is 13.6. The van der Waals surface area contributed by atoms with E-state index in [1.54, 1.807) is 13.2 Å². The van der Waals surface area contributed by atoms with Gasteiger partial charge in [0.05, 0.1) is 7.11 Å². The van der Waals surface area contributed by atoms with Gasteiger partial charge in [0.15, 0.2) is 0 Å². The Balaban J connectivity index is 2.17. The van der Waals surface area contributed by atoms with Crippen molar-refractivity contribution < 1.29 is 14.6 Å². The number of carboxylic acids is 1. The molecule has 4 heteroatoms. The molecular formula is C15H19NO3. The molecule has 0 amide bonds. The Morgan fingerprint density at radius 2 is 2.26 bits per heavy atom. The molecule has 1 aromatic rings. The van der Waals surface area contributed by atoms with Gasteiger partial charge >= 0.3 is 5.97 Å². The zero-order valence-corrected chi connectivity index (χ0v) is 11.3. The van der Waals surface area contributed by atoms with Crippen molar-refractivity contribution >= 4 is 12.0 Å². The second kappa shape index (κ2) is 5.89. The smallest absolute Gasteiger partial charge is 0.328 e. The van der Waals surface area contributed by atoms with Gasteiger partial charge in [-0.05, 0) is 43.7 Å². The average molecular weight is 261 g/mol. The first-order valence-corrected chi connectivity index (χ1v) is 6.38. The van der Waals surface area contributed by atoms with Crippen LogP contribution in [0.5, 0.6) is 5.75 Å². The summed E-state index contributed by atoms with van der Waals surface area (Å²) in [7, 11) is 3.76. The van der Waals surface area contributed by atoms with Crippen molar-refractivity contribution in [3.8, 4) is 5.75 Å². The highest BCUT2D eigenvalue weighted by molar-refractivity contribution is 5.85. The summed E-state index contributed by atoms with van der Waals surface area (Å²) in [5, 5.41) is 8.65. The van der Waals surface area contributed by atoms with E-state index in [4.69, 9.17) is 9.84 Å². The number of methoxy groups -OCH3 is 1. The standard InChI is InChI=1S/C15H19NO3/c1-16(13-5-6-13)10-12-9-11(4-8-15(17)18)3-7-14(12)19-2/h3-4,7-9,13H,5-6,10H2,1-2H3,(H,17,18). The van der Waals surface area contributed by atoms with E-state index in [-0.39, 0.29) is 0 Å². The van der Waals surface area contributed by atoms with Crippen LogP contribution in [0.4, 0.5) is 0 Å². The van der Waals surface area contributed by atoms with Gasteiger partial charge in [-0.25, -0.2) is 4.79 Å². The first-order chi connectivity index (χ1) is 9.10. The van der Waals surface area contributed by atoms with Gasteiger partial charge in [-0.15, -0.1) is 0 Å². The molecule has 0 aliphatic heterocycles. The summed E-state index contributed by atoms with van der Waals surface area (Å²) in [5.74, 6) is -0.0903. The summed E-state index contributed by atoms with van der Waals surface area (Å²) >= 11 is 0. The first-order valence-electron chi connectivity index (χ1n) is 6.38. The number of carboxylic acid groups (broad SMARTS) is 1. The van der Waals surface area contributed by atoms with E-state index in [0.717, 1.165) is 29.5 Å². The van der Waals surface area contributed by atoms with Crippen LogP contribution in [-0.2, 0) is 11.3 Å². The van der Waals surface area contributed by atoms with Crippen LogP contribution >= 0.6 is 0 Å². The molecule has 0 bridgehead atoms. The fourth-order valence-corrected chi connectivity index (χ4v) is 2.11. The number of benzene rings is 1. The van der Waals surface area contributed by atoms with Crippen LogP contribution < -0.4 is 4.74 Å². The number of ether oxygens (including phenoxy) is 1. The molecule has 0 spiro atoms. The minimum Gasteiger partial charge on any atom is -0.496 e. The molecule has 0 heterocycles. The normalized spacial score (nSPS) is 15.1. The molecule has 0 atom stereocenters. The van der Waals surface area contributed by atoms with Gasteiger partial charge in [0.25, 0.3) is 0 Å². The lowest BCUT2D eigenvalue weighted by molar-refractivity contribution is -0.131. The minimum atomic E-state index is -0.938. The number of nitrogens with zero attached hydrogens (tertiary/aromatic N) is 1. The number of aliphatic carboxylic acids is 1. The molecular weight excluding hydrogens is 242 g/mol. The third-order valence-corrected chi connectivity index (χ3v) is 3.31. The Labute approximate surface area is 113 Å². The molecule has 0 unspecified atom stereocenters. The predicted octanol–water partition coefficient (Wildman–Crippen LogP) is 2.39. The summed E-state index contributed by atoms with van der Waals surface area (Å²) in [4.78, 5) is 12.8.